The van der Waals surface area contributed by atoms with Gasteiger partial charge >= 0.3 is 0 Å². The van der Waals surface area contributed by atoms with Crippen LogP contribution >= 0.6 is 15.9 Å². The lowest BCUT2D eigenvalue weighted by molar-refractivity contribution is 0.0597. The quantitative estimate of drug-likeness (QED) is 0.651. The van der Waals surface area contributed by atoms with Crippen LogP contribution in [0, 0.1) is 0 Å². The Morgan fingerprint density at radius 1 is 1.15 bits per heavy atom. The molecule has 0 aliphatic carbocycles. The van der Waals surface area contributed by atoms with Crippen LogP contribution in [0.4, 0.5) is 0 Å². The molecular weight excluding hydrogens is 394 g/mol. The summed E-state index contributed by atoms with van der Waals surface area (Å²) >= 11 is 3.36. The van der Waals surface area contributed by atoms with E-state index in [0.717, 1.165) is 34.0 Å². The molecule has 1 aliphatic rings. The Hall–Kier alpha value is -2.47. The van der Waals surface area contributed by atoms with Crippen LogP contribution in [-0.2, 0) is 0 Å². The van der Waals surface area contributed by atoms with Crippen LogP contribution in [0.25, 0.3) is 10.9 Å². The molecule has 0 spiro atoms. The van der Waals surface area contributed by atoms with Gasteiger partial charge in [0.25, 0.3) is 5.91 Å². The predicted molar refractivity (Wildman–Crippen MR) is 103 cm³/mol. The van der Waals surface area contributed by atoms with Crippen molar-refractivity contribution in [2.45, 2.75) is 18.9 Å². The summed E-state index contributed by atoms with van der Waals surface area (Å²) in [7, 11) is 0. The fourth-order valence-electron chi connectivity index (χ4n) is 3.24. The molecule has 0 unspecified atom stereocenters. The molecule has 1 amide bonds. The third kappa shape index (κ3) is 3.55. The number of ether oxygens (including phenoxy) is 1. The Bertz CT molecular complexity index is 934. The van der Waals surface area contributed by atoms with Crippen molar-refractivity contribution in [1.29, 1.82) is 0 Å². The van der Waals surface area contributed by atoms with Crippen molar-refractivity contribution >= 4 is 32.7 Å². The van der Waals surface area contributed by atoms with E-state index in [1.807, 2.05) is 35.2 Å². The molecule has 4 rings (SSSR count). The highest BCUT2D eigenvalue weighted by atomic mass is 79.9. The van der Waals surface area contributed by atoms with Gasteiger partial charge in [0.2, 0.25) is 0 Å². The maximum atomic E-state index is 12.6. The molecule has 0 saturated carbocycles. The first-order valence-corrected chi connectivity index (χ1v) is 9.40. The molecule has 6 heteroatoms. The highest BCUT2D eigenvalue weighted by Crippen LogP contribution is 2.26. The largest absolute Gasteiger partial charge is 0.488 e. The SMILES string of the molecule is O=C(c1cncc(Br)c1)N1CCC(Oc2cccc3cccnc23)CC1. The van der Waals surface area contributed by atoms with Gasteiger partial charge < -0.3 is 9.64 Å². The molecule has 5 nitrogen and oxygen atoms in total. The summed E-state index contributed by atoms with van der Waals surface area (Å²) in [5.74, 6) is 0.827. The van der Waals surface area contributed by atoms with E-state index in [0.29, 0.717) is 18.7 Å². The average molecular weight is 412 g/mol. The lowest BCUT2D eigenvalue weighted by Crippen LogP contribution is -2.41. The van der Waals surface area contributed by atoms with Gasteiger partial charge in [-0.25, -0.2) is 0 Å². The van der Waals surface area contributed by atoms with E-state index in [1.54, 1.807) is 24.7 Å². The molecule has 0 atom stereocenters. The minimum atomic E-state index is 0.0177. The minimum Gasteiger partial charge on any atom is -0.488 e. The number of benzene rings is 1. The van der Waals surface area contributed by atoms with E-state index >= 15 is 0 Å². The fraction of sp³-hybridized carbons (Fsp3) is 0.250. The summed E-state index contributed by atoms with van der Waals surface area (Å²) in [5.41, 5.74) is 1.49. The first-order valence-electron chi connectivity index (χ1n) is 8.61. The number of halogens is 1. The molecule has 0 bridgehead atoms. The number of hydrogen-bond acceptors (Lipinski definition) is 4. The van der Waals surface area contributed by atoms with Gasteiger partial charge in [-0.1, -0.05) is 18.2 Å². The molecule has 132 valence electrons. The van der Waals surface area contributed by atoms with Gasteiger partial charge in [-0.2, -0.15) is 0 Å². The number of rotatable bonds is 3. The zero-order valence-electron chi connectivity index (χ0n) is 14.1. The Kier molecular flexibility index (Phi) is 4.84. The molecule has 0 N–H and O–H groups in total. The zero-order valence-corrected chi connectivity index (χ0v) is 15.7. The second-order valence-corrected chi connectivity index (χ2v) is 7.25. The van der Waals surface area contributed by atoms with Crippen molar-refractivity contribution in [3.8, 4) is 5.75 Å². The lowest BCUT2D eigenvalue weighted by Gasteiger charge is -2.32. The van der Waals surface area contributed by atoms with E-state index in [9.17, 15) is 4.79 Å². The number of nitrogens with zero attached hydrogens (tertiary/aromatic N) is 3. The third-order valence-corrected chi connectivity index (χ3v) is 5.00. The topological polar surface area (TPSA) is 55.3 Å². The molecule has 1 fully saturated rings. The molecule has 3 aromatic rings. The second-order valence-electron chi connectivity index (χ2n) is 6.33. The minimum absolute atomic E-state index is 0.0177. The van der Waals surface area contributed by atoms with Crippen LogP contribution in [0.1, 0.15) is 23.2 Å². The standard InChI is InChI=1S/C20H18BrN3O2/c21-16-11-15(12-22-13-16)20(25)24-9-6-17(7-10-24)26-18-5-1-3-14-4-2-8-23-19(14)18/h1-5,8,11-13,17H,6-7,9-10H2. The molecule has 26 heavy (non-hydrogen) atoms. The molecular formula is C20H18BrN3O2. The van der Waals surface area contributed by atoms with Crippen molar-refractivity contribution in [2.24, 2.45) is 0 Å². The summed E-state index contributed by atoms with van der Waals surface area (Å²) in [4.78, 5) is 23.0. The smallest absolute Gasteiger partial charge is 0.255 e. The number of hydrogen-bond donors (Lipinski definition) is 0. The van der Waals surface area contributed by atoms with Crippen LogP contribution in [0.3, 0.4) is 0 Å². The number of piperidine rings is 1. The second kappa shape index (κ2) is 7.41. The van der Waals surface area contributed by atoms with E-state index in [1.165, 1.54) is 0 Å². The van der Waals surface area contributed by atoms with Gasteiger partial charge in [0.05, 0.1) is 5.56 Å². The number of likely N-dealkylation sites (tertiary alicyclic amines) is 1. The first-order chi connectivity index (χ1) is 12.7. The van der Waals surface area contributed by atoms with Crippen LogP contribution in [0.15, 0.2) is 59.5 Å². The summed E-state index contributed by atoms with van der Waals surface area (Å²) in [6.07, 6.45) is 6.76. The van der Waals surface area contributed by atoms with Gasteiger partial charge in [-0.05, 0) is 34.1 Å². The first kappa shape index (κ1) is 17.0. The van der Waals surface area contributed by atoms with Gasteiger partial charge in [0.1, 0.15) is 17.4 Å². The van der Waals surface area contributed by atoms with E-state index < -0.39 is 0 Å². The Balaban J connectivity index is 1.41. The van der Waals surface area contributed by atoms with Crippen LogP contribution in [0.2, 0.25) is 0 Å². The number of pyridine rings is 2. The van der Waals surface area contributed by atoms with Crippen molar-refractivity contribution in [3.05, 3.63) is 65.0 Å². The molecule has 2 aromatic heterocycles. The Morgan fingerprint density at radius 2 is 1.96 bits per heavy atom. The Labute approximate surface area is 160 Å². The summed E-state index contributed by atoms with van der Waals surface area (Å²) < 4.78 is 7.01. The molecule has 3 heterocycles. The number of fused-ring (bicyclic) bond motifs is 1. The molecule has 1 aliphatic heterocycles. The number of carbonyl (C=O) groups is 1. The monoisotopic (exact) mass is 411 g/mol. The van der Waals surface area contributed by atoms with Gasteiger partial charge in [-0.15, -0.1) is 0 Å². The van der Waals surface area contributed by atoms with Gasteiger partial charge in [0.15, 0.2) is 0 Å². The van der Waals surface area contributed by atoms with Crippen molar-refractivity contribution < 1.29 is 9.53 Å². The van der Waals surface area contributed by atoms with E-state index in [4.69, 9.17) is 4.74 Å². The normalized spacial score (nSPS) is 15.2. The third-order valence-electron chi connectivity index (χ3n) is 4.57. The van der Waals surface area contributed by atoms with Crippen molar-refractivity contribution in [3.63, 3.8) is 0 Å². The predicted octanol–water partition coefficient (Wildman–Crippen LogP) is 4.08. The highest BCUT2D eigenvalue weighted by molar-refractivity contribution is 9.10. The molecule has 1 saturated heterocycles. The fourth-order valence-corrected chi connectivity index (χ4v) is 3.60. The summed E-state index contributed by atoms with van der Waals surface area (Å²) in [6, 6.07) is 11.7. The average Bonchev–Trinajstić information content (AvgIpc) is 2.68. The number of amides is 1. The van der Waals surface area contributed by atoms with E-state index in [2.05, 4.69) is 25.9 Å². The van der Waals surface area contributed by atoms with Crippen LogP contribution in [-0.4, -0.2) is 40.0 Å². The van der Waals surface area contributed by atoms with Gasteiger partial charge in [0, 0.05) is 54.4 Å². The van der Waals surface area contributed by atoms with Crippen LogP contribution in [0.5, 0.6) is 5.75 Å². The summed E-state index contributed by atoms with van der Waals surface area (Å²) in [5, 5.41) is 1.07. The lowest BCUT2D eigenvalue weighted by atomic mass is 10.1. The number of carbonyl (C=O) groups excluding carboxylic acids is 1. The van der Waals surface area contributed by atoms with Gasteiger partial charge in [-0.3, -0.25) is 14.8 Å². The van der Waals surface area contributed by atoms with Crippen molar-refractivity contribution in [1.82, 2.24) is 14.9 Å². The van der Waals surface area contributed by atoms with E-state index in [-0.39, 0.29) is 12.0 Å². The zero-order chi connectivity index (χ0) is 17.9. The maximum absolute atomic E-state index is 12.6. The number of para-hydroxylation sites is 1. The van der Waals surface area contributed by atoms with Crippen molar-refractivity contribution in [2.75, 3.05) is 13.1 Å². The summed E-state index contributed by atoms with van der Waals surface area (Å²) in [6.45, 7) is 1.35. The Morgan fingerprint density at radius 3 is 2.77 bits per heavy atom. The highest BCUT2D eigenvalue weighted by Gasteiger charge is 2.25. The maximum Gasteiger partial charge on any atom is 0.255 e. The molecule has 1 aromatic carbocycles. The number of aromatic nitrogens is 2. The molecule has 0 radical (unpaired) electrons. The van der Waals surface area contributed by atoms with Crippen LogP contribution < -0.4 is 4.74 Å².